The second-order valence-electron chi connectivity index (χ2n) is 7.43. The van der Waals surface area contributed by atoms with E-state index < -0.39 is 0 Å². The molecular weight excluding hydrogens is 412 g/mol. The number of aromatic nitrogens is 4. The summed E-state index contributed by atoms with van der Waals surface area (Å²) in [4.78, 5) is 32.1. The van der Waals surface area contributed by atoms with Gasteiger partial charge in [-0.3, -0.25) is 9.59 Å². The molecule has 4 aromatic heterocycles. The minimum absolute atomic E-state index is 0.538. The van der Waals surface area contributed by atoms with E-state index in [4.69, 9.17) is 21.6 Å². The van der Waals surface area contributed by atoms with Crippen molar-refractivity contribution in [3.63, 3.8) is 0 Å². The summed E-state index contributed by atoms with van der Waals surface area (Å²) in [6.07, 6.45) is 5.19. The first-order chi connectivity index (χ1) is 15.0. The van der Waals surface area contributed by atoms with Gasteiger partial charge in [0.15, 0.2) is 12.6 Å². The monoisotopic (exact) mass is 428 g/mol. The number of hydrogen-bond acceptors (Lipinski definition) is 4. The molecule has 0 aliphatic heterocycles. The number of carbonyl (C=O) groups excluding carboxylic acids is 2. The Morgan fingerprint density at radius 2 is 1.19 bits per heavy atom. The number of rotatable bonds is 4. The van der Waals surface area contributed by atoms with Gasteiger partial charge in [-0.05, 0) is 24.3 Å². The van der Waals surface area contributed by atoms with Crippen molar-refractivity contribution in [3.8, 4) is 22.5 Å². The number of benzene rings is 1. The predicted octanol–water partition coefficient (Wildman–Crippen LogP) is 5.07. The van der Waals surface area contributed by atoms with E-state index in [1.54, 1.807) is 12.4 Å². The van der Waals surface area contributed by atoms with E-state index in [1.807, 2.05) is 65.7 Å². The molecule has 1 aromatic carbocycles. The standard InChI is InChI=1S/C24H17ClN4O2/c1-28-10-14(12-30)16-6-8-20(26-23(16)28)18-4-3-5-19(22(18)25)21-9-7-17-15(13-31)11-29(2)24(17)27-21/h3-13H,1-2H3. The van der Waals surface area contributed by atoms with Gasteiger partial charge in [0, 0.05) is 59.5 Å². The van der Waals surface area contributed by atoms with Gasteiger partial charge in [-0.1, -0.05) is 29.8 Å². The van der Waals surface area contributed by atoms with E-state index in [9.17, 15) is 9.59 Å². The molecule has 0 amide bonds. The Morgan fingerprint density at radius 1 is 0.742 bits per heavy atom. The Balaban J connectivity index is 1.66. The van der Waals surface area contributed by atoms with Gasteiger partial charge in [0.25, 0.3) is 0 Å². The number of aryl methyl sites for hydroxylation is 2. The Hall–Kier alpha value is -3.77. The first kappa shape index (κ1) is 19.2. The lowest BCUT2D eigenvalue weighted by Crippen LogP contribution is -1.94. The van der Waals surface area contributed by atoms with Crippen molar-refractivity contribution in [2.24, 2.45) is 14.1 Å². The highest BCUT2D eigenvalue weighted by Gasteiger charge is 2.16. The van der Waals surface area contributed by atoms with Crippen molar-refractivity contribution in [2.75, 3.05) is 0 Å². The molecule has 4 heterocycles. The summed E-state index contributed by atoms with van der Waals surface area (Å²) in [7, 11) is 3.72. The maximum atomic E-state index is 11.3. The average Bonchev–Trinajstić information content (AvgIpc) is 3.29. The summed E-state index contributed by atoms with van der Waals surface area (Å²) in [6.45, 7) is 0. The summed E-state index contributed by atoms with van der Waals surface area (Å²) in [5.41, 5.74) is 5.60. The summed E-state index contributed by atoms with van der Waals surface area (Å²) in [6, 6.07) is 13.2. The van der Waals surface area contributed by atoms with Gasteiger partial charge < -0.3 is 9.13 Å². The van der Waals surface area contributed by atoms with Crippen LogP contribution in [0.15, 0.2) is 54.9 Å². The van der Waals surface area contributed by atoms with Crippen molar-refractivity contribution in [3.05, 3.63) is 71.0 Å². The van der Waals surface area contributed by atoms with Crippen LogP contribution in [0.5, 0.6) is 0 Å². The third-order valence-corrected chi connectivity index (χ3v) is 5.92. The van der Waals surface area contributed by atoms with Crippen molar-refractivity contribution < 1.29 is 9.59 Å². The van der Waals surface area contributed by atoms with Crippen molar-refractivity contribution in [1.82, 2.24) is 19.1 Å². The SMILES string of the molecule is Cn1cc(C=O)c2ccc(-c3cccc(-c4ccc5c(C=O)cn(C)c5n4)c3Cl)nc21. The quantitative estimate of drug-likeness (QED) is 0.374. The Morgan fingerprint density at radius 3 is 1.61 bits per heavy atom. The summed E-state index contributed by atoms with van der Waals surface area (Å²) < 4.78 is 3.66. The lowest BCUT2D eigenvalue weighted by atomic mass is 10.0. The van der Waals surface area contributed by atoms with Gasteiger partial charge in [0.2, 0.25) is 0 Å². The van der Waals surface area contributed by atoms with Crippen LogP contribution in [0.4, 0.5) is 0 Å². The maximum Gasteiger partial charge on any atom is 0.152 e. The highest BCUT2D eigenvalue weighted by atomic mass is 35.5. The van der Waals surface area contributed by atoms with Crippen molar-refractivity contribution in [1.29, 1.82) is 0 Å². The van der Waals surface area contributed by atoms with Crippen LogP contribution < -0.4 is 0 Å². The fourth-order valence-corrected chi connectivity index (χ4v) is 4.30. The summed E-state index contributed by atoms with van der Waals surface area (Å²) in [5, 5.41) is 2.14. The Kier molecular flexibility index (Phi) is 4.45. The number of aldehydes is 2. The molecular formula is C24H17ClN4O2. The molecule has 0 fully saturated rings. The smallest absolute Gasteiger partial charge is 0.152 e. The first-order valence-electron chi connectivity index (χ1n) is 9.63. The average molecular weight is 429 g/mol. The largest absolute Gasteiger partial charge is 0.335 e. The molecule has 0 unspecified atom stereocenters. The molecule has 0 aliphatic carbocycles. The molecule has 0 radical (unpaired) electrons. The number of carbonyl (C=O) groups is 2. The molecule has 0 spiro atoms. The molecule has 0 N–H and O–H groups in total. The number of fused-ring (bicyclic) bond motifs is 2. The van der Waals surface area contributed by atoms with E-state index in [1.165, 1.54) is 0 Å². The van der Waals surface area contributed by atoms with Crippen molar-refractivity contribution >= 4 is 46.2 Å². The molecule has 152 valence electrons. The van der Waals surface area contributed by atoms with Gasteiger partial charge in [-0.2, -0.15) is 0 Å². The highest BCUT2D eigenvalue weighted by molar-refractivity contribution is 6.36. The third kappa shape index (κ3) is 2.95. The molecule has 5 aromatic rings. The zero-order valence-corrected chi connectivity index (χ0v) is 17.6. The highest BCUT2D eigenvalue weighted by Crippen LogP contribution is 2.36. The van der Waals surface area contributed by atoms with Gasteiger partial charge in [-0.15, -0.1) is 0 Å². The van der Waals surface area contributed by atoms with E-state index in [2.05, 4.69) is 0 Å². The Bertz CT molecular complexity index is 1400. The first-order valence-corrected chi connectivity index (χ1v) is 10.0. The van der Waals surface area contributed by atoms with Crippen LogP contribution in [0.25, 0.3) is 44.6 Å². The van der Waals surface area contributed by atoms with Crippen LogP contribution in [-0.2, 0) is 14.1 Å². The van der Waals surface area contributed by atoms with Crippen LogP contribution in [0.2, 0.25) is 5.02 Å². The van der Waals surface area contributed by atoms with Gasteiger partial charge in [-0.25, -0.2) is 9.97 Å². The normalized spacial score (nSPS) is 11.3. The summed E-state index contributed by atoms with van der Waals surface area (Å²) >= 11 is 6.82. The van der Waals surface area contributed by atoms with Gasteiger partial charge in [0.05, 0.1) is 16.4 Å². The lowest BCUT2D eigenvalue weighted by Gasteiger charge is -2.10. The van der Waals surface area contributed by atoms with E-state index in [0.29, 0.717) is 38.8 Å². The lowest BCUT2D eigenvalue weighted by molar-refractivity contribution is 0.111. The molecule has 31 heavy (non-hydrogen) atoms. The predicted molar refractivity (Wildman–Crippen MR) is 122 cm³/mol. The molecule has 0 saturated carbocycles. The number of halogens is 1. The van der Waals surface area contributed by atoms with Gasteiger partial charge in [0.1, 0.15) is 11.3 Å². The van der Waals surface area contributed by atoms with Gasteiger partial charge >= 0.3 is 0 Å². The molecule has 0 aliphatic rings. The molecule has 6 nitrogen and oxygen atoms in total. The zero-order chi connectivity index (χ0) is 21.7. The number of pyridine rings is 2. The second-order valence-corrected chi connectivity index (χ2v) is 7.81. The van der Waals surface area contributed by atoms with Crippen LogP contribution in [-0.4, -0.2) is 31.7 Å². The van der Waals surface area contributed by atoms with E-state index in [0.717, 1.165) is 34.5 Å². The minimum atomic E-state index is 0.538. The molecule has 0 bridgehead atoms. The minimum Gasteiger partial charge on any atom is -0.335 e. The number of hydrogen-bond donors (Lipinski definition) is 0. The molecule has 0 saturated heterocycles. The summed E-state index contributed by atoms with van der Waals surface area (Å²) in [5.74, 6) is 0. The fraction of sp³-hybridized carbons (Fsp3) is 0.0833. The Labute approximate surface area is 182 Å². The second kappa shape index (κ2) is 7.18. The third-order valence-electron chi connectivity index (χ3n) is 5.51. The zero-order valence-electron chi connectivity index (χ0n) is 16.8. The number of nitrogens with zero attached hydrogens (tertiary/aromatic N) is 4. The van der Waals surface area contributed by atoms with E-state index >= 15 is 0 Å². The molecule has 7 heteroatoms. The maximum absolute atomic E-state index is 11.3. The van der Waals surface area contributed by atoms with Crippen molar-refractivity contribution in [2.45, 2.75) is 0 Å². The van der Waals surface area contributed by atoms with Crippen LogP contribution in [0.1, 0.15) is 20.7 Å². The van der Waals surface area contributed by atoms with Crippen LogP contribution in [0, 0.1) is 0 Å². The van der Waals surface area contributed by atoms with Crippen LogP contribution >= 0.6 is 11.6 Å². The van der Waals surface area contributed by atoms with Crippen LogP contribution in [0.3, 0.4) is 0 Å². The molecule has 0 atom stereocenters. The fourth-order valence-electron chi connectivity index (χ4n) is 3.98. The topological polar surface area (TPSA) is 69.8 Å². The van der Waals surface area contributed by atoms with E-state index in [-0.39, 0.29) is 0 Å². The molecule has 5 rings (SSSR count).